The van der Waals surface area contributed by atoms with E-state index in [1.807, 2.05) is 18.2 Å². The van der Waals surface area contributed by atoms with E-state index in [2.05, 4.69) is 9.97 Å². The first-order valence-electron chi connectivity index (χ1n) is 3.63. The highest BCUT2D eigenvalue weighted by Gasteiger charge is 1.73. The van der Waals surface area contributed by atoms with Crippen LogP contribution in [0.1, 0.15) is 0 Å². The van der Waals surface area contributed by atoms with Crippen LogP contribution in [-0.4, -0.2) is 9.97 Å². The van der Waals surface area contributed by atoms with Crippen molar-refractivity contribution in [2.75, 3.05) is 5.73 Å². The van der Waals surface area contributed by atoms with E-state index >= 15 is 0 Å². The molecule has 2 rings (SSSR count). The molecule has 0 amide bonds. The van der Waals surface area contributed by atoms with E-state index in [0.29, 0.717) is 0 Å². The molecule has 0 unspecified atom stereocenters. The number of rotatable bonds is 0. The predicted molar refractivity (Wildman–Crippen MR) is 49.4 cm³/mol. The maximum Gasteiger partial charge on any atom is 0.0491 e. The first-order valence-corrected chi connectivity index (χ1v) is 3.63. The van der Waals surface area contributed by atoms with Crippen molar-refractivity contribution in [3.05, 3.63) is 49.1 Å². The molecule has 0 saturated carbocycles. The normalized spacial score (nSPS) is 8.33. The minimum atomic E-state index is 0.787. The molecule has 0 aliphatic heterocycles. The zero-order valence-electron chi connectivity index (χ0n) is 6.64. The number of H-pyrrole nitrogens is 1. The molecule has 3 N–H and O–H groups in total. The zero-order chi connectivity index (χ0) is 8.65. The van der Waals surface area contributed by atoms with Crippen molar-refractivity contribution in [1.82, 2.24) is 9.97 Å². The van der Waals surface area contributed by atoms with E-state index in [4.69, 9.17) is 5.73 Å². The van der Waals surface area contributed by atoms with Gasteiger partial charge in [-0.2, -0.15) is 0 Å². The fraction of sp³-hybridized carbons (Fsp3) is 0. The van der Waals surface area contributed by atoms with Crippen LogP contribution in [0, 0.1) is 0 Å². The van der Waals surface area contributed by atoms with Gasteiger partial charge in [0.1, 0.15) is 0 Å². The molecule has 3 heteroatoms. The number of hydrogen-bond acceptors (Lipinski definition) is 2. The highest BCUT2D eigenvalue weighted by atomic mass is 14.7. The number of anilines is 1. The SMILES string of the molecule is Nc1cc[nH]c1.c1ccncc1. The van der Waals surface area contributed by atoms with E-state index in [9.17, 15) is 0 Å². The lowest BCUT2D eigenvalue weighted by Gasteiger charge is -1.70. The molecule has 0 saturated heterocycles. The van der Waals surface area contributed by atoms with Crippen molar-refractivity contribution in [1.29, 1.82) is 0 Å². The number of aromatic nitrogens is 2. The second-order valence-electron chi connectivity index (χ2n) is 2.17. The van der Waals surface area contributed by atoms with E-state index in [0.717, 1.165) is 5.69 Å². The standard InChI is InChI=1S/C5H5N.C4H6N2/c1-2-4-6-5-3-1;5-4-1-2-6-3-4/h1-5H;1-3,6H,5H2. The van der Waals surface area contributed by atoms with Gasteiger partial charge in [-0.3, -0.25) is 4.98 Å². The Morgan fingerprint density at radius 2 is 1.92 bits per heavy atom. The fourth-order valence-corrected chi connectivity index (χ4v) is 0.649. The van der Waals surface area contributed by atoms with Crippen molar-refractivity contribution < 1.29 is 0 Å². The van der Waals surface area contributed by atoms with Crippen molar-refractivity contribution >= 4 is 5.69 Å². The van der Waals surface area contributed by atoms with Crippen molar-refractivity contribution in [2.45, 2.75) is 0 Å². The number of nitrogen functional groups attached to an aromatic ring is 1. The van der Waals surface area contributed by atoms with Crippen molar-refractivity contribution in [3.8, 4) is 0 Å². The lowest BCUT2D eigenvalue weighted by molar-refractivity contribution is 1.33. The molecule has 2 aromatic rings. The third-order valence-electron chi connectivity index (χ3n) is 1.19. The first-order chi connectivity index (χ1) is 5.89. The van der Waals surface area contributed by atoms with Crippen LogP contribution in [0.25, 0.3) is 0 Å². The summed E-state index contributed by atoms with van der Waals surface area (Å²) < 4.78 is 0. The number of aromatic amines is 1. The number of nitrogens with two attached hydrogens (primary N) is 1. The average molecular weight is 161 g/mol. The van der Waals surface area contributed by atoms with E-state index in [1.54, 1.807) is 30.9 Å². The van der Waals surface area contributed by atoms with Crippen LogP contribution in [0.4, 0.5) is 5.69 Å². The topological polar surface area (TPSA) is 54.7 Å². The minimum absolute atomic E-state index is 0.787. The summed E-state index contributed by atoms with van der Waals surface area (Å²) in [5.74, 6) is 0. The lowest BCUT2D eigenvalue weighted by Crippen LogP contribution is -1.75. The molecule has 3 nitrogen and oxygen atoms in total. The maximum absolute atomic E-state index is 5.25. The molecule has 0 aromatic carbocycles. The van der Waals surface area contributed by atoms with Crippen LogP contribution in [0.5, 0.6) is 0 Å². The van der Waals surface area contributed by atoms with E-state index < -0.39 is 0 Å². The summed E-state index contributed by atoms with van der Waals surface area (Å²) >= 11 is 0. The van der Waals surface area contributed by atoms with Gasteiger partial charge in [-0.25, -0.2) is 0 Å². The van der Waals surface area contributed by atoms with Gasteiger partial charge >= 0.3 is 0 Å². The summed E-state index contributed by atoms with van der Waals surface area (Å²) in [4.78, 5) is 6.59. The molecule has 0 radical (unpaired) electrons. The second-order valence-corrected chi connectivity index (χ2v) is 2.17. The van der Waals surface area contributed by atoms with Gasteiger partial charge in [0.15, 0.2) is 0 Å². The smallest absolute Gasteiger partial charge is 0.0491 e. The largest absolute Gasteiger partial charge is 0.398 e. The quantitative estimate of drug-likeness (QED) is 0.617. The highest BCUT2D eigenvalue weighted by Crippen LogP contribution is 1.92. The third-order valence-corrected chi connectivity index (χ3v) is 1.19. The molecule has 0 aliphatic carbocycles. The average Bonchev–Trinajstić information content (AvgIpc) is 2.60. The van der Waals surface area contributed by atoms with Crippen LogP contribution < -0.4 is 5.73 Å². The summed E-state index contributed by atoms with van der Waals surface area (Å²) in [5, 5.41) is 0. The Hall–Kier alpha value is -1.77. The van der Waals surface area contributed by atoms with Gasteiger partial charge in [0.25, 0.3) is 0 Å². The second kappa shape index (κ2) is 4.96. The molecule has 0 aliphatic rings. The number of pyridine rings is 1. The molecule has 0 fully saturated rings. The Morgan fingerprint density at radius 1 is 1.17 bits per heavy atom. The summed E-state index contributed by atoms with van der Waals surface area (Å²) in [6.45, 7) is 0. The Balaban J connectivity index is 0.000000120. The maximum atomic E-state index is 5.25. The molecule has 12 heavy (non-hydrogen) atoms. The van der Waals surface area contributed by atoms with Crippen LogP contribution >= 0.6 is 0 Å². The van der Waals surface area contributed by atoms with Crippen LogP contribution in [0.15, 0.2) is 49.1 Å². The van der Waals surface area contributed by atoms with Crippen LogP contribution in [0.2, 0.25) is 0 Å². The van der Waals surface area contributed by atoms with Crippen LogP contribution in [0.3, 0.4) is 0 Å². The molecule has 0 bridgehead atoms. The molecule has 2 aromatic heterocycles. The fourth-order valence-electron chi connectivity index (χ4n) is 0.649. The predicted octanol–water partition coefficient (Wildman–Crippen LogP) is 1.68. The van der Waals surface area contributed by atoms with E-state index in [1.165, 1.54) is 0 Å². The molecule has 62 valence electrons. The van der Waals surface area contributed by atoms with Gasteiger partial charge in [-0.1, -0.05) is 6.07 Å². The van der Waals surface area contributed by atoms with Gasteiger partial charge < -0.3 is 10.7 Å². The van der Waals surface area contributed by atoms with E-state index in [-0.39, 0.29) is 0 Å². The van der Waals surface area contributed by atoms with Gasteiger partial charge in [0.05, 0.1) is 0 Å². The van der Waals surface area contributed by atoms with Crippen molar-refractivity contribution in [2.24, 2.45) is 0 Å². The van der Waals surface area contributed by atoms with Crippen molar-refractivity contribution in [3.63, 3.8) is 0 Å². The third kappa shape index (κ3) is 3.41. The summed E-state index contributed by atoms with van der Waals surface area (Å²) in [6, 6.07) is 7.52. The number of hydrogen-bond donors (Lipinski definition) is 2. The Labute approximate surface area is 71.3 Å². The molecular weight excluding hydrogens is 150 g/mol. The Bertz CT molecular complexity index is 249. The minimum Gasteiger partial charge on any atom is -0.398 e. The summed E-state index contributed by atoms with van der Waals surface area (Å²) in [6.07, 6.45) is 7.02. The monoisotopic (exact) mass is 161 g/mol. The van der Waals surface area contributed by atoms with Crippen LogP contribution in [-0.2, 0) is 0 Å². The van der Waals surface area contributed by atoms with Gasteiger partial charge in [0, 0.05) is 30.5 Å². The summed E-state index contributed by atoms with van der Waals surface area (Å²) in [5.41, 5.74) is 6.03. The highest BCUT2D eigenvalue weighted by molar-refractivity contribution is 5.32. The van der Waals surface area contributed by atoms with Gasteiger partial charge in [0.2, 0.25) is 0 Å². The number of nitrogens with one attached hydrogen (secondary N) is 1. The molecule has 2 heterocycles. The number of nitrogens with zero attached hydrogens (tertiary/aromatic N) is 1. The molecule has 0 spiro atoms. The zero-order valence-corrected chi connectivity index (χ0v) is 6.64. The molecule has 0 atom stereocenters. The Kier molecular flexibility index (Phi) is 3.44. The van der Waals surface area contributed by atoms with Gasteiger partial charge in [-0.15, -0.1) is 0 Å². The lowest BCUT2D eigenvalue weighted by atomic mass is 10.5. The molecular formula is C9H11N3. The summed E-state index contributed by atoms with van der Waals surface area (Å²) in [7, 11) is 0. The van der Waals surface area contributed by atoms with Gasteiger partial charge in [-0.05, 0) is 18.2 Å². The first kappa shape index (κ1) is 8.33. The Morgan fingerprint density at radius 3 is 2.08 bits per heavy atom.